The van der Waals surface area contributed by atoms with Gasteiger partial charge in [0.2, 0.25) is 10.0 Å². The Morgan fingerprint density at radius 1 is 1.45 bits per heavy atom. The maximum absolute atomic E-state index is 13.8. The number of aromatic nitrogens is 2. The Balaban J connectivity index is 2.24. The number of anilines is 1. The zero-order chi connectivity index (χ0) is 14.9. The van der Waals surface area contributed by atoms with Crippen LogP contribution in [0.15, 0.2) is 29.3 Å². The lowest BCUT2D eigenvalue weighted by molar-refractivity contribution is 0.555. The van der Waals surface area contributed by atoms with Gasteiger partial charge in [0.05, 0.1) is 12.2 Å². The van der Waals surface area contributed by atoms with E-state index in [2.05, 4.69) is 9.82 Å². The van der Waals surface area contributed by atoms with Crippen LogP contribution < -0.4 is 10.5 Å². The van der Waals surface area contributed by atoms with Gasteiger partial charge in [-0.2, -0.15) is 5.10 Å². The minimum absolute atomic E-state index is 0.0175. The summed E-state index contributed by atoms with van der Waals surface area (Å²) in [5, 5.41) is 4.03. The number of nitrogens with one attached hydrogen (secondary N) is 1. The molecular formula is C12H15FN4O2S. The average Bonchev–Trinajstić information content (AvgIpc) is 2.77. The van der Waals surface area contributed by atoms with Crippen LogP contribution in [0.1, 0.15) is 11.3 Å². The van der Waals surface area contributed by atoms with Gasteiger partial charge < -0.3 is 5.73 Å². The molecule has 0 aliphatic carbocycles. The third-order valence-corrected chi connectivity index (χ3v) is 4.24. The molecule has 1 heterocycles. The van der Waals surface area contributed by atoms with Gasteiger partial charge in [0.15, 0.2) is 0 Å². The number of nitrogens with two attached hydrogens (primary N) is 1. The van der Waals surface area contributed by atoms with Gasteiger partial charge in [0.25, 0.3) is 0 Å². The molecule has 0 saturated heterocycles. The van der Waals surface area contributed by atoms with Crippen molar-refractivity contribution in [1.29, 1.82) is 0 Å². The molecule has 0 amide bonds. The molecule has 0 fully saturated rings. The molecule has 20 heavy (non-hydrogen) atoms. The fraction of sp³-hybridized carbons (Fsp3) is 0.250. The van der Waals surface area contributed by atoms with E-state index in [0.29, 0.717) is 11.3 Å². The van der Waals surface area contributed by atoms with Crippen molar-refractivity contribution in [3.05, 3.63) is 41.5 Å². The maximum Gasteiger partial charge on any atom is 0.243 e. The lowest BCUT2D eigenvalue weighted by atomic mass is 10.2. The third kappa shape index (κ3) is 2.97. The molecule has 108 valence electrons. The van der Waals surface area contributed by atoms with E-state index in [4.69, 9.17) is 5.73 Å². The van der Waals surface area contributed by atoms with Crippen molar-refractivity contribution in [2.45, 2.75) is 18.4 Å². The Bertz CT molecular complexity index is 740. The van der Waals surface area contributed by atoms with E-state index in [0.717, 1.165) is 12.1 Å². The number of benzene rings is 1. The van der Waals surface area contributed by atoms with Crippen LogP contribution in [0.5, 0.6) is 0 Å². The first-order valence-corrected chi connectivity index (χ1v) is 7.32. The largest absolute Gasteiger partial charge is 0.398 e. The highest BCUT2D eigenvalue weighted by Gasteiger charge is 2.20. The van der Waals surface area contributed by atoms with Crippen LogP contribution in [0.4, 0.5) is 10.1 Å². The molecule has 0 spiro atoms. The van der Waals surface area contributed by atoms with Gasteiger partial charge in [0.1, 0.15) is 10.7 Å². The zero-order valence-electron chi connectivity index (χ0n) is 11.1. The zero-order valence-corrected chi connectivity index (χ0v) is 11.9. The third-order valence-electron chi connectivity index (χ3n) is 2.82. The van der Waals surface area contributed by atoms with Crippen LogP contribution in [0.25, 0.3) is 0 Å². The van der Waals surface area contributed by atoms with E-state index in [-0.39, 0.29) is 12.2 Å². The van der Waals surface area contributed by atoms with Crippen molar-refractivity contribution in [3.63, 3.8) is 0 Å². The van der Waals surface area contributed by atoms with Gasteiger partial charge in [-0.3, -0.25) is 4.68 Å². The fourth-order valence-electron chi connectivity index (χ4n) is 1.68. The number of halogens is 1. The summed E-state index contributed by atoms with van der Waals surface area (Å²) in [6.45, 7) is 1.59. The summed E-state index contributed by atoms with van der Waals surface area (Å²) < 4.78 is 41.7. The number of hydrogen-bond donors (Lipinski definition) is 2. The summed E-state index contributed by atoms with van der Waals surface area (Å²) in [7, 11) is -2.25. The molecule has 1 aromatic heterocycles. The Morgan fingerprint density at radius 3 is 2.75 bits per heavy atom. The highest BCUT2D eigenvalue weighted by atomic mass is 32.2. The number of nitrogen functional groups attached to an aromatic ring is 1. The number of aryl methyl sites for hydroxylation is 2. The van der Waals surface area contributed by atoms with Gasteiger partial charge in [-0.15, -0.1) is 0 Å². The predicted molar refractivity (Wildman–Crippen MR) is 72.8 cm³/mol. The standard InChI is InChI=1S/C12H15FN4O2S/c1-8-5-10(13)12(6-11(8)14)20(18,19)15-7-9-3-4-17(2)16-9/h3-6,15H,7,14H2,1-2H3. The number of hydrogen-bond acceptors (Lipinski definition) is 4. The van der Waals surface area contributed by atoms with E-state index >= 15 is 0 Å². The van der Waals surface area contributed by atoms with Crippen molar-refractivity contribution in [1.82, 2.24) is 14.5 Å². The Kier molecular flexibility index (Phi) is 3.78. The van der Waals surface area contributed by atoms with Crippen LogP contribution in [0.3, 0.4) is 0 Å². The molecule has 0 unspecified atom stereocenters. The minimum Gasteiger partial charge on any atom is -0.398 e. The van der Waals surface area contributed by atoms with Gasteiger partial charge in [-0.1, -0.05) is 0 Å². The van der Waals surface area contributed by atoms with Crippen LogP contribution in [0.2, 0.25) is 0 Å². The summed E-state index contributed by atoms with van der Waals surface area (Å²) in [5.41, 5.74) is 6.88. The summed E-state index contributed by atoms with van der Waals surface area (Å²) in [6.07, 6.45) is 1.69. The molecule has 6 nitrogen and oxygen atoms in total. The first-order chi connectivity index (χ1) is 9.29. The van der Waals surface area contributed by atoms with Gasteiger partial charge >= 0.3 is 0 Å². The first kappa shape index (κ1) is 14.5. The summed E-state index contributed by atoms with van der Waals surface area (Å²) in [6, 6.07) is 3.89. The summed E-state index contributed by atoms with van der Waals surface area (Å²) >= 11 is 0. The van der Waals surface area contributed by atoms with E-state index in [1.165, 1.54) is 0 Å². The second-order valence-corrected chi connectivity index (χ2v) is 6.18. The molecular weight excluding hydrogens is 283 g/mol. The Morgan fingerprint density at radius 2 is 2.15 bits per heavy atom. The van der Waals surface area contributed by atoms with Crippen LogP contribution >= 0.6 is 0 Å². The molecule has 0 saturated carbocycles. The monoisotopic (exact) mass is 298 g/mol. The first-order valence-electron chi connectivity index (χ1n) is 5.83. The smallest absolute Gasteiger partial charge is 0.243 e. The second-order valence-electron chi connectivity index (χ2n) is 4.44. The van der Waals surface area contributed by atoms with Crippen molar-refractivity contribution < 1.29 is 12.8 Å². The molecule has 0 radical (unpaired) electrons. The number of rotatable bonds is 4. The van der Waals surface area contributed by atoms with Gasteiger partial charge in [-0.25, -0.2) is 17.5 Å². The molecule has 3 N–H and O–H groups in total. The van der Waals surface area contributed by atoms with Gasteiger partial charge in [-0.05, 0) is 30.7 Å². The van der Waals surface area contributed by atoms with E-state index in [1.807, 2.05) is 0 Å². The highest BCUT2D eigenvalue weighted by molar-refractivity contribution is 7.89. The molecule has 1 aromatic carbocycles. The summed E-state index contributed by atoms with van der Waals surface area (Å²) in [4.78, 5) is -0.462. The fourth-order valence-corrected chi connectivity index (χ4v) is 2.77. The van der Waals surface area contributed by atoms with Crippen molar-refractivity contribution in [3.8, 4) is 0 Å². The minimum atomic E-state index is -3.97. The average molecular weight is 298 g/mol. The SMILES string of the molecule is Cc1cc(F)c(S(=O)(=O)NCc2ccn(C)n2)cc1N. The topological polar surface area (TPSA) is 90.0 Å². The van der Waals surface area contributed by atoms with Crippen LogP contribution in [-0.4, -0.2) is 18.2 Å². The molecule has 8 heteroatoms. The molecule has 2 rings (SSSR count). The lowest BCUT2D eigenvalue weighted by Gasteiger charge is -2.09. The lowest BCUT2D eigenvalue weighted by Crippen LogP contribution is -2.24. The molecule has 0 aliphatic rings. The van der Waals surface area contributed by atoms with E-state index in [1.54, 1.807) is 30.9 Å². The quantitative estimate of drug-likeness (QED) is 0.822. The predicted octanol–water partition coefficient (Wildman–Crippen LogP) is 0.928. The number of sulfonamides is 1. The number of nitrogens with zero attached hydrogens (tertiary/aromatic N) is 2. The second kappa shape index (κ2) is 5.22. The Hall–Kier alpha value is -1.93. The highest BCUT2D eigenvalue weighted by Crippen LogP contribution is 2.21. The van der Waals surface area contributed by atoms with Crippen molar-refractivity contribution in [2.24, 2.45) is 7.05 Å². The van der Waals surface area contributed by atoms with Crippen molar-refractivity contribution in [2.75, 3.05) is 5.73 Å². The van der Waals surface area contributed by atoms with E-state index in [9.17, 15) is 12.8 Å². The summed E-state index contributed by atoms with van der Waals surface area (Å²) in [5.74, 6) is -0.828. The molecule has 2 aromatic rings. The normalized spacial score (nSPS) is 11.8. The Labute approximate surface area is 116 Å². The van der Waals surface area contributed by atoms with E-state index < -0.39 is 20.7 Å². The van der Waals surface area contributed by atoms with Crippen LogP contribution in [-0.2, 0) is 23.6 Å². The molecule has 0 aliphatic heterocycles. The van der Waals surface area contributed by atoms with Gasteiger partial charge in [0, 0.05) is 18.9 Å². The molecule has 0 bridgehead atoms. The molecule has 0 atom stereocenters. The van der Waals surface area contributed by atoms with Crippen LogP contribution in [0, 0.1) is 12.7 Å². The maximum atomic E-state index is 13.8. The van der Waals surface area contributed by atoms with Crippen molar-refractivity contribution >= 4 is 15.7 Å².